The van der Waals surface area contributed by atoms with Gasteiger partial charge in [0.2, 0.25) is 0 Å². The maximum Gasteiger partial charge on any atom is 0.0665 e. The molecule has 0 bridgehead atoms. The van der Waals surface area contributed by atoms with Gasteiger partial charge in [0.05, 0.1) is 16.8 Å². The number of aryl methyl sites for hydroxylation is 1. The number of hydrogen-bond acceptors (Lipinski definition) is 2. The van der Waals surface area contributed by atoms with Crippen LogP contribution in [-0.2, 0) is 4.74 Å². The van der Waals surface area contributed by atoms with Gasteiger partial charge >= 0.3 is 0 Å². The lowest BCUT2D eigenvalue weighted by atomic mass is 9.64. The number of hydrogen-bond donors (Lipinski definition) is 1. The second-order valence-corrected chi connectivity index (χ2v) is 6.04. The van der Waals surface area contributed by atoms with E-state index in [9.17, 15) is 0 Å². The molecule has 18 heavy (non-hydrogen) atoms. The van der Waals surface area contributed by atoms with Crippen LogP contribution in [0.15, 0.2) is 18.2 Å². The lowest BCUT2D eigenvalue weighted by Gasteiger charge is -2.52. The van der Waals surface area contributed by atoms with Crippen LogP contribution in [0, 0.1) is 12.3 Å². The number of rotatable bonds is 4. The third-order valence-electron chi connectivity index (χ3n) is 4.09. The van der Waals surface area contributed by atoms with E-state index in [0.717, 1.165) is 23.7 Å². The summed E-state index contributed by atoms with van der Waals surface area (Å²) in [6.07, 6.45) is 1.40. The van der Waals surface area contributed by atoms with Gasteiger partial charge in [-0.1, -0.05) is 37.6 Å². The van der Waals surface area contributed by atoms with Crippen LogP contribution < -0.4 is 5.32 Å². The molecule has 1 saturated carbocycles. The molecule has 1 fully saturated rings. The fourth-order valence-corrected chi connectivity index (χ4v) is 2.88. The highest BCUT2D eigenvalue weighted by molar-refractivity contribution is 6.33. The van der Waals surface area contributed by atoms with Gasteiger partial charge < -0.3 is 10.1 Å². The third kappa shape index (κ3) is 2.36. The van der Waals surface area contributed by atoms with Gasteiger partial charge in [-0.15, -0.1) is 0 Å². The van der Waals surface area contributed by atoms with Crippen molar-refractivity contribution in [3.8, 4) is 0 Å². The van der Waals surface area contributed by atoms with Crippen molar-refractivity contribution in [3.05, 3.63) is 28.8 Å². The van der Waals surface area contributed by atoms with Gasteiger partial charge in [-0.25, -0.2) is 0 Å². The van der Waals surface area contributed by atoms with Crippen molar-refractivity contribution in [3.63, 3.8) is 0 Å². The number of para-hydroxylation sites is 1. The molecule has 1 aromatic carbocycles. The lowest BCUT2D eigenvalue weighted by Crippen LogP contribution is -2.58. The van der Waals surface area contributed by atoms with E-state index in [1.807, 2.05) is 12.1 Å². The molecule has 2 nitrogen and oxygen atoms in total. The molecule has 0 radical (unpaired) electrons. The third-order valence-corrected chi connectivity index (χ3v) is 4.40. The normalized spacial score (nSPS) is 25.6. The van der Waals surface area contributed by atoms with Crippen LogP contribution in [0.4, 0.5) is 5.69 Å². The smallest absolute Gasteiger partial charge is 0.0665 e. The van der Waals surface area contributed by atoms with E-state index >= 15 is 0 Å². The number of anilines is 1. The van der Waals surface area contributed by atoms with Crippen molar-refractivity contribution in [2.24, 2.45) is 5.41 Å². The van der Waals surface area contributed by atoms with Crippen molar-refractivity contribution in [2.75, 3.05) is 11.9 Å². The summed E-state index contributed by atoms with van der Waals surface area (Å²) >= 11 is 6.25. The first kappa shape index (κ1) is 13.7. The van der Waals surface area contributed by atoms with Gasteiger partial charge in [0, 0.05) is 18.1 Å². The topological polar surface area (TPSA) is 21.3 Å². The van der Waals surface area contributed by atoms with Crippen LogP contribution >= 0.6 is 11.6 Å². The first-order valence-electron chi connectivity index (χ1n) is 6.60. The molecule has 2 unspecified atom stereocenters. The predicted molar refractivity (Wildman–Crippen MR) is 77.4 cm³/mol. The van der Waals surface area contributed by atoms with Crippen LogP contribution in [0.2, 0.25) is 5.02 Å². The van der Waals surface area contributed by atoms with Crippen LogP contribution in [0.25, 0.3) is 0 Å². The van der Waals surface area contributed by atoms with E-state index in [1.165, 1.54) is 5.56 Å². The molecule has 1 aliphatic rings. The molecule has 3 heteroatoms. The summed E-state index contributed by atoms with van der Waals surface area (Å²) in [5.41, 5.74) is 2.41. The molecule has 1 aliphatic carbocycles. The Kier molecular flexibility index (Phi) is 3.88. The highest BCUT2D eigenvalue weighted by Crippen LogP contribution is 2.45. The van der Waals surface area contributed by atoms with Gasteiger partial charge in [0.1, 0.15) is 0 Å². The second kappa shape index (κ2) is 5.10. The van der Waals surface area contributed by atoms with Gasteiger partial charge in [-0.05, 0) is 31.9 Å². The minimum Gasteiger partial charge on any atom is -0.380 e. The predicted octanol–water partition coefficient (Wildman–Crippen LogP) is 4.26. The summed E-state index contributed by atoms with van der Waals surface area (Å²) in [7, 11) is 0. The molecule has 0 spiro atoms. The molecule has 1 aromatic rings. The standard InChI is InChI=1S/C15H22ClNO/c1-5-18-13-9-12(15(13,3)4)17-14-10(2)7-6-8-11(14)16/h6-8,12-13,17H,5,9H2,1-4H3. The van der Waals surface area contributed by atoms with Gasteiger partial charge in [0.25, 0.3) is 0 Å². The maximum atomic E-state index is 6.25. The average Bonchev–Trinajstić information content (AvgIpc) is 2.31. The molecular weight excluding hydrogens is 246 g/mol. The quantitative estimate of drug-likeness (QED) is 0.880. The molecule has 1 N–H and O–H groups in total. The van der Waals surface area contributed by atoms with Gasteiger partial charge in [-0.3, -0.25) is 0 Å². The Morgan fingerprint density at radius 3 is 2.72 bits per heavy atom. The minimum atomic E-state index is 0.154. The zero-order chi connectivity index (χ0) is 13.3. The molecule has 2 atom stereocenters. The zero-order valence-corrected chi connectivity index (χ0v) is 12.3. The van der Waals surface area contributed by atoms with Crippen molar-refractivity contribution >= 4 is 17.3 Å². The van der Waals surface area contributed by atoms with E-state index in [0.29, 0.717) is 12.1 Å². The van der Waals surface area contributed by atoms with Crippen molar-refractivity contribution in [2.45, 2.75) is 46.3 Å². The molecular formula is C15H22ClNO. The number of ether oxygens (including phenoxy) is 1. The van der Waals surface area contributed by atoms with Crippen molar-refractivity contribution in [1.82, 2.24) is 0 Å². The Hall–Kier alpha value is -0.730. The monoisotopic (exact) mass is 267 g/mol. The lowest BCUT2D eigenvalue weighted by molar-refractivity contribution is -0.0976. The summed E-state index contributed by atoms with van der Waals surface area (Å²) in [4.78, 5) is 0. The zero-order valence-electron chi connectivity index (χ0n) is 11.6. The molecule has 2 rings (SSSR count). The van der Waals surface area contributed by atoms with Crippen LogP contribution in [0.5, 0.6) is 0 Å². The van der Waals surface area contributed by atoms with Crippen LogP contribution in [0.3, 0.4) is 0 Å². The van der Waals surface area contributed by atoms with E-state index < -0.39 is 0 Å². The maximum absolute atomic E-state index is 6.25. The van der Waals surface area contributed by atoms with E-state index in [-0.39, 0.29) is 5.41 Å². The Labute approximate surface area is 115 Å². The molecule has 0 aliphatic heterocycles. The fraction of sp³-hybridized carbons (Fsp3) is 0.600. The fourth-order valence-electron chi connectivity index (χ4n) is 2.60. The van der Waals surface area contributed by atoms with E-state index in [2.05, 4.69) is 39.1 Å². The molecule has 0 aromatic heterocycles. The van der Waals surface area contributed by atoms with Crippen LogP contribution in [-0.4, -0.2) is 18.8 Å². The van der Waals surface area contributed by atoms with Gasteiger partial charge in [-0.2, -0.15) is 0 Å². The van der Waals surface area contributed by atoms with Crippen molar-refractivity contribution < 1.29 is 4.74 Å². The highest BCUT2D eigenvalue weighted by atomic mass is 35.5. The minimum absolute atomic E-state index is 0.154. The molecule has 0 amide bonds. The van der Waals surface area contributed by atoms with Crippen LogP contribution in [0.1, 0.15) is 32.8 Å². The summed E-state index contributed by atoms with van der Waals surface area (Å²) in [6.45, 7) is 9.42. The molecule has 0 heterocycles. The highest BCUT2D eigenvalue weighted by Gasteiger charge is 2.49. The largest absolute Gasteiger partial charge is 0.380 e. The Morgan fingerprint density at radius 2 is 2.17 bits per heavy atom. The van der Waals surface area contributed by atoms with E-state index in [4.69, 9.17) is 16.3 Å². The number of benzene rings is 1. The number of halogens is 1. The van der Waals surface area contributed by atoms with Gasteiger partial charge in [0.15, 0.2) is 0 Å². The summed E-state index contributed by atoms with van der Waals surface area (Å²) in [5.74, 6) is 0. The average molecular weight is 268 g/mol. The first-order valence-corrected chi connectivity index (χ1v) is 6.97. The summed E-state index contributed by atoms with van der Waals surface area (Å²) < 4.78 is 5.75. The summed E-state index contributed by atoms with van der Waals surface area (Å²) in [5, 5.41) is 4.38. The molecule has 100 valence electrons. The Bertz CT molecular complexity index is 410. The van der Waals surface area contributed by atoms with E-state index in [1.54, 1.807) is 0 Å². The summed E-state index contributed by atoms with van der Waals surface area (Å²) in [6, 6.07) is 6.42. The van der Waals surface area contributed by atoms with Crippen molar-refractivity contribution in [1.29, 1.82) is 0 Å². The first-order chi connectivity index (χ1) is 8.46. The molecule has 0 saturated heterocycles. The Morgan fingerprint density at radius 1 is 1.44 bits per heavy atom. The Balaban J connectivity index is 2.08. The number of nitrogens with one attached hydrogen (secondary N) is 1. The SMILES string of the molecule is CCOC1CC(Nc2c(C)cccc2Cl)C1(C)C. The second-order valence-electron chi connectivity index (χ2n) is 5.63.